The van der Waals surface area contributed by atoms with Crippen molar-refractivity contribution in [2.45, 2.75) is 129 Å². The zero-order valence-electron chi connectivity index (χ0n) is 27.2. The molecule has 14 atom stereocenters. The molecule has 0 aromatic heterocycles. The van der Waals surface area contributed by atoms with Gasteiger partial charge in [-0.1, -0.05) is 73.4 Å². The molecular formula is C35H64Cl2SiZr. The van der Waals surface area contributed by atoms with Crippen molar-refractivity contribution in [2.75, 3.05) is 0 Å². The number of hydrogen-bond donors (Lipinski definition) is 0. The van der Waals surface area contributed by atoms with Crippen LogP contribution in [-0.4, -0.2) is 8.07 Å². The minimum absolute atomic E-state index is 0. The van der Waals surface area contributed by atoms with Crippen molar-refractivity contribution >= 4 is 25.1 Å². The predicted molar refractivity (Wildman–Crippen MR) is 174 cm³/mol. The van der Waals surface area contributed by atoms with Crippen LogP contribution in [0.25, 0.3) is 0 Å². The van der Waals surface area contributed by atoms with Crippen LogP contribution in [-0.2, 0) is 20.8 Å². The van der Waals surface area contributed by atoms with Crippen LogP contribution >= 0.6 is 17.0 Å². The third-order valence-corrected chi connectivity index (χ3v) is 19.4. The number of fused-ring (bicyclic) bond motifs is 6. The SMILES string of the molecule is CC1CCC2C3CCC(C)CC3C([Si](C)(C)C3C(C)CC4C3CC(C)C3CCCC(C)C34)C2C1.[CH3-].[CH3-].[Cl][Zr+2][Cl]. The summed E-state index contributed by atoms with van der Waals surface area (Å²) in [5.41, 5.74) is 2.27. The van der Waals surface area contributed by atoms with Gasteiger partial charge >= 0.3 is 37.9 Å². The molecule has 6 rings (SSSR count). The number of rotatable bonds is 2. The summed E-state index contributed by atoms with van der Waals surface area (Å²) in [5.74, 6) is 13.8. The molecular weight excluding hydrogens is 611 g/mol. The fraction of sp³-hybridized carbons (Fsp3) is 0.943. The summed E-state index contributed by atoms with van der Waals surface area (Å²) >= 11 is -0.826. The van der Waals surface area contributed by atoms with Gasteiger partial charge in [-0.05, 0) is 133 Å². The first kappa shape index (κ1) is 35.2. The van der Waals surface area contributed by atoms with E-state index in [2.05, 4.69) is 47.7 Å². The van der Waals surface area contributed by atoms with Crippen LogP contribution in [0.5, 0.6) is 0 Å². The fourth-order valence-electron chi connectivity index (χ4n) is 13.4. The predicted octanol–water partition coefficient (Wildman–Crippen LogP) is 12.2. The quantitative estimate of drug-likeness (QED) is 0.202. The summed E-state index contributed by atoms with van der Waals surface area (Å²) in [6.45, 7) is 19.3. The van der Waals surface area contributed by atoms with Gasteiger partial charge in [0, 0.05) is 0 Å². The molecule has 0 amide bonds. The summed E-state index contributed by atoms with van der Waals surface area (Å²) in [7, 11) is 8.48. The van der Waals surface area contributed by atoms with Crippen LogP contribution in [0.15, 0.2) is 0 Å². The Kier molecular flexibility index (Phi) is 12.8. The molecule has 226 valence electrons. The number of halogens is 2. The van der Waals surface area contributed by atoms with Gasteiger partial charge < -0.3 is 14.9 Å². The van der Waals surface area contributed by atoms with E-state index in [1.54, 1.807) is 44.9 Å². The van der Waals surface area contributed by atoms with E-state index in [4.69, 9.17) is 17.0 Å². The summed E-state index contributed by atoms with van der Waals surface area (Å²) in [4.78, 5) is 0. The topological polar surface area (TPSA) is 0 Å². The zero-order chi connectivity index (χ0) is 26.6. The van der Waals surface area contributed by atoms with Gasteiger partial charge in [-0.25, -0.2) is 0 Å². The van der Waals surface area contributed by atoms with Crippen molar-refractivity contribution in [1.29, 1.82) is 0 Å². The van der Waals surface area contributed by atoms with E-state index in [9.17, 15) is 0 Å². The van der Waals surface area contributed by atoms with E-state index >= 15 is 0 Å². The van der Waals surface area contributed by atoms with Gasteiger partial charge in [-0.15, -0.1) is 0 Å². The molecule has 0 saturated heterocycles. The first-order chi connectivity index (χ1) is 17.6. The van der Waals surface area contributed by atoms with E-state index < -0.39 is 28.9 Å². The Morgan fingerprint density at radius 2 is 1.00 bits per heavy atom. The van der Waals surface area contributed by atoms with Crippen molar-refractivity contribution in [2.24, 2.45) is 76.9 Å². The van der Waals surface area contributed by atoms with Gasteiger partial charge in [-0.2, -0.15) is 0 Å². The second kappa shape index (κ2) is 14.2. The molecule has 39 heavy (non-hydrogen) atoms. The Morgan fingerprint density at radius 3 is 1.54 bits per heavy atom. The maximum absolute atomic E-state index is 4.93. The third-order valence-electron chi connectivity index (χ3n) is 14.1. The van der Waals surface area contributed by atoms with E-state index in [1.165, 1.54) is 25.7 Å². The van der Waals surface area contributed by atoms with Crippen molar-refractivity contribution in [3.05, 3.63) is 14.9 Å². The van der Waals surface area contributed by atoms with Crippen molar-refractivity contribution in [3.8, 4) is 0 Å². The summed E-state index contributed by atoms with van der Waals surface area (Å²) < 4.78 is 0. The molecule has 0 nitrogen and oxygen atoms in total. The Morgan fingerprint density at radius 1 is 0.513 bits per heavy atom. The van der Waals surface area contributed by atoms with Crippen molar-refractivity contribution in [1.82, 2.24) is 0 Å². The van der Waals surface area contributed by atoms with Gasteiger partial charge in [0.25, 0.3) is 0 Å². The Labute approximate surface area is 265 Å². The van der Waals surface area contributed by atoms with Crippen LogP contribution < -0.4 is 0 Å². The van der Waals surface area contributed by atoms with Crippen molar-refractivity contribution in [3.63, 3.8) is 0 Å². The monoisotopic (exact) mass is 672 g/mol. The van der Waals surface area contributed by atoms with E-state index in [-0.39, 0.29) is 14.9 Å². The summed E-state index contributed by atoms with van der Waals surface area (Å²) in [6.07, 6.45) is 17.3. The molecule has 6 aliphatic rings. The molecule has 0 aromatic rings. The van der Waals surface area contributed by atoms with Gasteiger partial charge in [0.05, 0.1) is 8.07 Å². The summed E-state index contributed by atoms with van der Waals surface area (Å²) in [6, 6.07) is 0. The zero-order valence-corrected chi connectivity index (χ0v) is 32.2. The molecule has 0 bridgehead atoms. The molecule has 0 N–H and O–H groups in total. The Hall–Kier alpha value is 1.68. The molecule has 0 radical (unpaired) electrons. The first-order valence-corrected chi connectivity index (χ1v) is 26.0. The van der Waals surface area contributed by atoms with Gasteiger partial charge in [0.15, 0.2) is 0 Å². The summed E-state index contributed by atoms with van der Waals surface area (Å²) in [5, 5.41) is 0. The van der Waals surface area contributed by atoms with E-state index in [1.807, 2.05) is 0 Å². The standard InChI is InChI=1S/C33H58Si.2CH3.2ClH.Zr/c1-19-11-13-25-26-14-12-20(2)16-29(26)33(28(25)15-19)34(6,7)32-23(5)18-27-30(32)17-22(4)24-10-8-9-21(3)31(24)27;;;;;/h19-33H,8-18H2,1-7H3;2*1H3;2*1H;/q;2*-1;;;+4/p-2. The molecule has 14 unspecified atom stereocenters. The molecule has 6 fully saturated rings. The Balaban J connectivity index is 0.000000805. The minimum atomic E-state index is -1.39. The first-order valence-electron chi connectivity index (χ1n) is 16.6. The van der Waals surface area contributed by atoms with Crippen LogP contribution in [0.2, 0.25) is 24.2 Å². The molecule has 4 heteroatoms. The second-order valence-corrected chi connectivity index (χ2v) is 25.0. The van der Waals surface area contributed by atoms with Crippen LogP contribution in [0.3, 0.4) is 0 Å². The second-order valence-electron chi connectivity index (χ2n) is 16.3. The van der Waals surface area contributed by atoms with Gasteiger partial charge in [-0.3, -0.25) is 0 Å². The maximum atomic E-state index is 4.93. The van der Waals surface area contributed by atoms with Gasteiger partial charge in [0.2, 0.25) is 0 Å². The van der Waals surface area contributed by atoms with E-state index in [0.717, 1.165) is 88.0 Å². The van der Waals surface area contributed by atoms with Crippen LogP contribution in [0.1, 0.15) is 105 Å². The fourth-order valence-corrected chi connectivity index (χ4v) is 19.9. The normalized spacial score (nSPS) is 50.3. The molecule has 0 heterocycles. The van der Waals surface area contributed by atoms with Crippen LogP contribution in [0.4, 0.5) is 0 Å². The molecule has 0 aliphatic heterocycles. The molecule has 6 saturated carbocycles. The average molecular weight is 675 g/mol. The third kappa shape index (κ3) is 6.42. The van der Waals surface area contributed by atoms with Crippen LogP contribution in [0, 0.1) is 91.8 Å². The van der Waals surface area contributed by atoms with Crippen molar-refractivity contribution < 1.29 is 20.8 Å². The van der Waals surface area contributed by atoms with Gasteiger partial charge in [0.1, 0.15) is 0 Å². The Bertz CT molecular complexity index is 748. The molecule has 0 spiro atoms. The number of hydrogen-bond acceptors (Lipinski definition) is 0. The molecule has 0 aromatic carbocycles. The van der Waals surface area contributed by atoms with E-state index in [0.29, 0.717) is 0 Å². The average Bonchev–Trinajstić information content (AvgIpc) is 3.33. The molecule has 6 aliphatic carbocycles.